The SMILES string of the molecule is COc1cc(C(Nc2ccc(C(=N)N)cc2)C(=O)Nc2ccccc2C(=O)OC(C)=O)ccc1OCc1ccccc1. The van der Waals surface area contributed by atoms with E-state index in [0.717, 1.165) is 12.5 Å². The third-order valence-electron chi connectivity index (χ3n) is 6.17. The van der Waals surface area contributed by atoms with E-state index >= 15 is 0 Å². The fraction of sp³-hybridized carbons (Fsp3) is 0.125. The number of hydrogen-bond acceptors (Lipinski definition) is 8. The predicted octanol–water partition coefficient (Wildman–Crippen LogP) is 5.05. The number of benzene rings is 4. The molecule has 1 unspecified atom stereocenters. The summed E-state index contributed by atoms with van der Waals surface area (Å²) in [5, 5.41) is 13.6. The molecule has 42 heavy (non-hydrogen) atoms. The highest BCUT2D eigenvalue weighted by molar-refractivity contribution is 6.06. The first kappa shape index (κ1) is 29.3. The molecule has 5 N–H and O–H groups in total. The molecule has 4 aromatic carbocycles. The lowest BCUT2D eigenvalue weighted by atomic mass is 10.0. The van der Waals surface area contributed by atoms with Gasteiger partial charge in [0.2, 0.25) is 0 Å². The Labute approximate surface area is 242 Å². The Morgan fingerprint density at radius 1 is 0.881 bits per heavy atom. The largest absolute Gasteiger partial charge is 0.493 e. The predicted molar refractivity (Wildman–Crippen MR) is 159 cm³/mol. The molecule has 1 atom stereocenters. The van der Waals surface area contributed by atoms with Crippen molar-refractivity contribution in [2.24, 2.45) is 5.73 Å². The van der Waals surface area contributed by atoms with Crippen molar-refractivity contribution in [3.8, 4) is 11.5 Å². The molecule has 0 aliphatic rings. The summed E-state index contributed by atoms with van der Waals surface area (Å²) >= 11 is 0. The Bertz CT molecular complexity index is 1590. The molecule has 0 heterocycles. The van der Waals surface area contributed by atoms with Crippen molar-refractivity contribution in [1.82, 2.24) is 0 Å². The standard InChI is InChI=1S/C32H30N4O6/c1-20(37)42-32(39)25-10-6-7-11-26(25)36-31(38)29(35-24-15-12-22(13-16-24)30(33)34)23-14-17-27(28(18-23)40-2)41-19-21-8-4-3-5-9-21/h3-18,29,35H,19H2,1-2H3,(H3,33,34)(H,36,38). The normalized spacial score (nSPS) is 11.1. The number of methoxy groups -OCH3 is 1. The molecular formula is C32H30N4O6. The van der Waals surface area contributed by atoms with Crippen LogP contribution in [0.1, 0.15) is 40.0 Å². The number of amides is 1. The van der Waals surface area contributed by atoms with Gasteiger partial charge in [-0.25, -0.2) is 4.79 Å². The molecule has 1 amide bonds. The Kier molecular flexibility index (Phi) is 9.52. The highest BCUT2D eigenvalue weighted by Crippen LogP contribution is 2.33. The van der Waals surface area contributed by atoms with Crippen molar-refractivity contribution in [3.63, 3.8) is 0 Å². The number of anilines is 2. The monoisotopic (exact) mass is 566 g/mol. The van der Waals surface area contributed by atoms with Crippen molar-refractivity contribution in [2.45, 2.75) is 19.6 Å². The molecule has 0 saturated carbocycles. The van der Waals surface area contributed by atoms with Gasteiger partial charge in [0.05, 0.1) is 18.4 Å². The Hall–Kier alpha value is -5.64. The average molecular weight is 567 g/mol. The van der Waals surface area contributed by atoms with Gasteiger partial charge < -0.3 is 30.6 Å². The molecule has 0 saturated heterocycles. The Morgan fingerprint density at radius 2 is 1.57 bits per heavy atom. The fourth-order valence-electron chi connectivity index (χ4n) is 4.09. The number of amidine groups is 1. The first-order valence-corrected chi connectivity index (χ1v) is 12.9. The van der Waals surface area contributed by atoms with Crippen LogP contribution in [-0.4, -0.2) is 30.8 Å². The van der Waals surface area contributed by atoms with E-state index < -0.39 is 23.9 Å². The molecule has 4 aromatic rings. The van der Waals surface area contributed by atoms with Crippen molar-refractivity contribution < 1.29 is 28.6 Å². The zero-order valence-electron chi connectivity index (χ0n) is 23.0. The van der Waals surface area contributed by atoms with Gasteiger partial charge in [-0.2, -0.15) is 0 Å². The van der Waals surface area contributed by atoms with Gasteiger partial charge in [-0.1, -0.05) is 48.5 Å². The van der Waals surface area contributed by atoms with E-state index in [1.165, 1.54) is 19.2 Å². The maximum absolute atomic E-state index is 13.8. The lowest BCUT2D eigenvalue weighted by Gasteiger charge is -2.22. The molecule has 10 nitrogen and oxygen atoms in total. The maximum Gasteiger partial charge on any atom is 0.347 e. The van der Waals surface area contributed by atoms with Crippen LogP contribution >= 0.6 is 0 Å². The van der Waals surface area contributed by atoms with E-state index in [2.05, 4.69) is 10.6 Å². The number of carbonyl (C=O) groups is 3. The van der Waals surface area contributed by atoms with Crippen LogP contribution in [0.2, 0.25) is 0 Å². The molecule has 0 spiro atoms. The smallest absolute Gasteiger partial charge is 0.347 e. The number of nitrogens with two attached hydrogens (primary N) is 1. The summed E-state index contributed by atoms with van der Waals surface area (Å²) in [6.07, 6.45) is 0. The van der Waals surface area contributed by atoms with Gasteiger partial charge in [0, 0.05) is 18.2 Å². The molecule has 10 heteroatoms. The molecule has 0 aliphatic heterocycles. The zero-order chi connectivity index (χ0) is 30.1. The van der Waals surface area contributed by atoms with E-state index in [9.17, 15) is 14.4 Å². The van der Waals surface area contributed by atoms with Crippen LogP contribution in [0.4, 0.5) is 11.4 Å². The van der Waals surface area contributed by atoms with Gasteiger partial charge in [-0.15, -0.1) is 0 Å². The van der Waals surface area contributed by atoms with Crippen LogP contribution in [0.15, 0.2) is 97.1 Å². The third kappa shape index (κ3) is 7.51. The Balaban J connectivity index is 1.65. The van der Waals surface area contributed by atoms with Crippen molar-refractivity contribution >= 4 is 35.1 Å². The van der Waals surface area contributed by atoms with Crippen LogP contribution in [0.25, 0.3) is 0 Å². The molecule has 214 valence electrons. The van der Waals surface area contributed by atoms with E-state index in [1.807, 2.05) is 30.3 Å². The number of nitrogen functional groups attached to an aromatic ring is 1. The van der Waals surface area contributed by atoms with Gasteiger partial charge >= 0.3 is 11.9 Å². The summed E-state index contributed by atoms with van der Waals surface area (Å²) in [5.41, 5.74) is 8.40. The van der Waals surface area contributed by atoms with E-state index in [4.69, 9.17) is 25.4 Å². The minimum atomic E-state index is -0.970. The van der Waals surface area contributed by atoms with Crippen LogP contribution in [0.3, 0.4) is 0 Å². The molecule has 0 radical (unpaired) electrons. The van der Waals surface area contributed by atoms with Gasteiger partial charge in [0.15, 0.2) is 11.5 Å². The van der Waals surface area contributed by atoms with E-state index in [1.54, 1.807) is 54.6 Å². The minimum Gasteiger partial charge on any atom is -0.493 e. The fourth-order valence-corrected chi connectivity index (χ4v) is 4.09. The summed E-state index contributed by atoms with van der Waals surface area (Å²) in [5.74, 6) is -1.33. The number of rotatable bonds is 11. The number of nitrogens with one attached hydrogen (secondary N) is 3. The second-order valence-electron chi connectivity index (χ2n) is 9.17. The second kappa shape index (κ2) is 13.6. The van der Waals surface area contributed by atoms with Crippen LogP contribution in [0.5, 0.6) is 11.5 Å². The van der Waals surface area contributed by atoms with Gasteiger partial charge in [-0.3, -0.25) is 15.0 Å². The highest BCUT2D eigenvalue weighted by atomic mass is 16.6. The lowest BCUT2D eigenvalue weighted by molar-refractivity contribution is -0.135. The molecule has 0 aromatic heterocycles. The first-order chi connectivity index (χ1) is 20.2. The summed E-state index contributed by atoms with van der Waals surface area (Å²) in [6, 6.07) is 26.8. The van der Waals surface area contributed by atoms with E-state index in [-0.39, 0.29) is 17.1 Å². The number of esters is 2. The summed E-state index contributed by atoms with van der Waals surface area (Å²) in [4.78, 5) is 37.6. The molecule has 0 aliphatic carbocycles. The van der Waals surface area contributed by atoms with Gasteiger partial charge in [0.25, 0.3) is 5.91 Å². The van der Waals surface area contributed by atoms with Crippen LogP contribution in [-0.2, 0) is 20.9 Å². The molecule has 0 bridgehead atoms. The molecular weight excluding hydrogens is 536 g/mol. The van der Waals surface area contributed by atoms with Crippen molar-refractivity contribution in [1.29, 1.82) is 5.41 Å². The molecule has 0 fully saturated rings. The topological polar surface area (TPSA) is 153 Å². The van der Waals surface area contributed by atoms with Crippen LogP contribution < -0.4 is 25.8 Å². The number of para-hydroxylation sites is 1. The highest BCUT2D eigenvalue weighted by Gasteiger charge is 2.25. The summed E-state index contributed by atoms with van der Waals surface area (Å²) in [7, 11) is 1.51. The van der Waals surface area contributed by atoms with Gasteiger partial charge in [0.1, 0.15) is 18.5 Å². The summed E-state index contributed by atoms with van der Waals surface area (Å²) in [6.45, 7) is 1.45. The number of hydrogen-bond donors (Lipinski definition) is 4. The third-order valence-corrected chi connectivity index (χ3v) is 6.17. The quantitative estimate of drug-likeness (QED) is 0.0851. The van der Waals surface area contributed by atoms with Crippen molar-refractivity contribution in [2.75, 3.05) is 17.7 Å². The number of ether oxygens (including phenoxy) is 3. The second-order valence-corrected chi connectivity index (χ2v) is 9.17. The van der Waals surface area contributed by atoms with E-state index in [0.29, 0.717) is 34.9 Å². The first-order valence-electron chi connectivity index (χ1n) is 12.9. The number of carbonyl (C=O) groups excluding carboxylic acids is 3. The van der Waals surface area contributed by atoms with Gasteiger partial charge in [-0.05, 0) is 59.7 Å². The maximum atomic E-state index is 13.8. The summed E-state index contributed by atoms with van der Waals surface area (Å²) < 4.78 is 16.3. The zero-order valence-corrected chi connectivity index (χ0v) is 23.0. The lowest BCUT2D eigenvalue weighted by Crippen LogP contribution is -2.28. The minimum absolute atomic E-state index is 0.0212. The Morgan fingerprint density at radius 3 is 2.24 bits per heavy atom. The average Bonchev–Trinajstić information content (AvgIpc) is 2.99. The molecule has 4 rings (SSSR count). The van der Waals surface area contributed by atoms with Crippen molar-refractivity contribution in [3.05, 3.63) is 119 Å². The van der Waals surface area contributed by atoms with Crippen LogP contribution in [0, 0.1) is 5.41 Å².